The molecule has 1 heterocycles. The third-order valence-corrected chi connectivity index (χ3v) is 11.4. The summed E-state index contributed by atoms with van der Waals surface area (Å²) in [5.41, 5.74) is 10.2. The molecule has 0 aliphatic carbocycles. The highest BCUT2D eigenvalue weighted by Gasteiger charge is 2.51. The molecule has 0 spiro atoms. The quantitative estimate of drug-likeness (QED) is 0.243. The SMILES string of the molecule is CCC1O[C@@H](O[Si](C)(C)C(C)(C)C(C)C)C(N=[N+]=[N-])[C@@H](OCc2ccccc2)[C@H]1O. The Bertz CT molecular complexity index is 722. The first-order chi connectivity index (χ1) is 14.0. The number of aliphatic hydroxyl groups is 1. The van der Waals surface area contributed by atoms with Gasteiger partial charge < -0.3 is 19.0 Å². The van der Waals surface area contributed by atoms with E-state index in [0.29, 0.717) is 18.9 Å². The van der Waals surface area contributed by atoms with Crippen molar-refractivity contribution in [2.75, 3.05) is 0 Å². The van der Waals surface area contributed by atoms with Gasteiger partial charge in [-0.05, 0) is 41.6 Å². The molecule has 1 aliphatic rings. The van der Waals surface area contributed by atoms with E-state index >= 15 is 0 Å². The third-order valence-electron chi connectivity index (χ3n) is 6.92. The van der Waals surface area contributed by atoms with Crippen molar-refractivity contribution in [2.24, 2.45) is 11.0 Å². The molecule has 30 heavy (non-hydrogen) atoms. The standard InChI is InChI=1S/C22H37N3O4Si/c1-8-17-19(26)20(27-14-16-12-10-9-11-13-16)18(24-25-23)21(28-17)29-30(6,7)22(4,5)15(2)3/h9-13,15,17-21,26H,8,14H2,1-7H3/t17?,18?,19-,20+,21-/m0/s1. The number of ether oxygens (including phenoxy) is 2. The number of azide groups is 1. The summed E-state index contributed by atoms with van der Waals surface area (Å²) in [4.78, 5) is 3.02. The largest absolute Gasteiger partial charge is 0.392 e. The van der Waals surface area contributed by atoms with E-state index in [1.807, 2.05) is 37.3 Å². The van der Waals surface area contributed by atoms with Gasteiger partial charge in [0.25, 0.3) is 0 Å². The van der Waals surface area contributed by atoms with E-state index in [2.05, 4.69) is 50.8 Å². The minimum Gasteiger partial charge on any atom is -0.392 e. The highest BCUT2D eigenvalue weighted by molar-refractivity contribution is 6.74. The summed E-state index contributed by atoms with van der Waals surface area (Å²) in [6.07, 6.45) is -2.22. The lowest BCUT2D eigenvalue weighted by atomic mass is 9.95. The van der Waals surface area contributed by atoms with Crippen molar-refractivity contribution in [3.05, 3.63) is 46.3 Å². The second-order valence-electron chi connectivity index (χ2n) is 9.40. The Labute approximate surface area is 181 Å². The predicted molar refractivity (Wildman–Crippen MR) is 120 cm³/mol. The molecule has 2 rings (SSSR count). The van der Waals surface area contributed by atoms with E-state index in [1.54, 1.807) is 0 Å². The molecule has 1 saturated heterocycles. The van der Waals surface area contributed by atoms with Gasteiger partial charge in [0.1, 0.15) is 12.1 Å². The Kier molecular flexibility index (Phi) is 8.50. The third kappa shape index (κ3) is 5.44. The van der Waals surface area contributed by atoms with Gasteiger partial charge in [-0.15, -0.1) is 0 Å². The fraction of sp³-hybridized carbons (Fsp3) is 0.727. The molecule has 0 amide bonds. The minimum atomic E-state index is -2.28. The van der Waals surface area contributed by atoms with Crippen molar-refractivity contribution in [1.82, 2.24) is 0 Å². The zero-order valence-electron chi connectivity index (χ0n) is 19.3. The van der Waals surface area contributed by atoms with Gasteiger partial charge >= 0.3 is 0 Å². The number of rotatable bonds is 9. The number of benzene rings is 1. The van der Waals surface area contributed by atoms with Gasteiger partial charge in [0.05, 0.1) is 18.8 Å². The lowest BCUT2D eigenvalue weighted by Crippen LogP contribution is -2.61. The summed E-state index contributed by atoms with van der Waals surface area (Å²) in [6.45, 7) is 15.4. The summed E-state index contributed by atoms with van der Waals surface area (Å²) in [5, 5.41) is 14.8. The fourth-order valence-corrected chi connectivity index (χ4v) is 6.09. The molecule has 1 aromatic rings. The summed E-state index contributed by atoms with van der Waals surface area (Å²) < 4.78 is 18.8. The molecule has 1 N–H and O–H groups in total. The first-order valence-corrected chi connectivity index (χ1v) is 13.7. The van der Waals surface area contributed by atoms with Gasteiger partial charge in [-0.25, -0.2) is 0 Å². The molecule has 2 unspecified atom stereocenters. The molecule has 168 valence electrons. The zero-order chi connectivity index (χ0) is 22.5. The maximum Gasteiger partial charge on any atom is 0.196 e. The van der Waals surface area contributed by atoms with Crippen LogP contribution >= 0.6 is 0 Å². The van der Waals surface area contributed by atoms with Crippen LogP contribution in [0.5, 0.6) is 0 Å². The molecule has 0 radical (unpaired) electrons. The van der Waals surface area contributed by atoms with Crippen LogP contribution in [0.1, 0.15) is 46.6 Å². The van der Waals surface area contributed by atoms with E-state index in [9.17, 15) is 10.6 Å². The molecule has 8 heteroatoms. The van der Waals surface area contributed by atoms with Crippen LogP contribution in [0.2, 0.25) is 18.1 Å². The van der Waals surface area contributed by atoms with Crippen molar-refractivity contribution in [3.63, 3.8) is 0 Å². The van der Waals surface area contributed by atoms with Crippen LogP contribution in [0.4, 0.5) is 0 Å². The monoisotopic (exact) mass is 435 g/mol. The molecule has 5 atom stereocenters. The molecule has 0 bridgehead atoms. The fourth-order valence-electron chi connectivity index (χ4n) is 3.62. The molecule has 1 aromatic carbocycles. The Morgan fingerprint density at radius 3 is 2.43 bits per heavy atom. The average molecular weight is 436 g/mol. The van der Waals surface area contributed by atoms with E-state index in [1.165, 1.54) is 0 Å². The second-order valence-corrected chi connectivity index (χ2v) is 13.9. The summed E-state index contributed by atoms with van der Waals surface area (Å²) in [7, 11) is -2.28. The van der Waals surface area contributed by atoms with Crippen LogP contribution in [0.3, 0.4) is 0 Å². The van der Waals surface area contributed by atoms with Gasteiger partial charge in [-0.3, -0.25) is 0 Å². The lowest BCUT2D eigenvalue weighted by molar-refractivity contribution is -0.247. The number of aliphatic hydroxyl groups excluding tert-OH is 1. The smallest absolute Gasteiger partial charge is 0.196 e. The first-order valence-electron chi connectivity index (χ1n) is 10.8. The Morgan fingerprint density at radius 1 is 1.27 bits per heavy atom. The van der Waals surface area contributed by atoms with E-state index in [4.69, 9.17) is 13.9 Å². The van der Waals surface area contributed by atoms with Crippen molar-refractivity contribution < 1.29 is 19.0 Å². The molecule has 1 aliphatic heterocycles. The predicted octanol–water partition coefficient (Wildman–Crippen LogP) is 5.40. The second kappa shape index (κ2) is 10.3. The van der Waals surface area contributed by atoms with E-state index in [-0.39, 0.29) is 5.04 Å². The van der Waals surface area contributed by atoms with Crippen LogP contribution in [0.25, 0.3) is 10.4 Å². The normalized spacial score (nSPS) is 27.7. The number of hydrogen-bond acceptors (Lipinski definition) is 5. The van der Waals surface area contributed by atoms with Gasteiger partial charge in [0.2, 0.25) is 0 Å². The molecule has 1 fully saturated rings. The first kappa shape index (κ1) is 24.9. The van der Waals surface area contributed by atoms with E-state index in [0.717, 1.165) is 5.56 Å². The molecule has 0 aromatic heterocycles. The summed E-state index contributed by atoms with van der Waals surface area (Å²) in [5.74, 6) is 0.415. The number of hydrogen-bond donors (Lipinski definition) is 1. The van der Waals surface area contributed by atoms with Crippen LogP contribution in [0.15, 0.2) is 35.4 Å². The van der Waals surface area contributed by atoms with E-state index < -0.39 is 39.0 Å². The van der Waals surface area contributed by atoms with Crippen molar-refractivity contribution >= 4 is 8.32 Å². The van der Waals surface area contributed by atoms with Gasteiger partial charge in [0.15, 0.2) is 14.6 Å². The summed E-state index contributed by atoms with van der Waals surface area (Å²) >= 11 is 0. The van der Waals surface area contributed by atoms with Crippen molar-refractivity contribution in [2.45, 2.75) is 96.4 Å². The van der Waals surface area contributed by atoms with Gasteiger partial charge in [-0.1, -0.05) is 70.1 Å². The highest BCUT2D eigenvalue weighted by atomic mass is 28.4. The van der Waals surface area contributed by atoms with Crippen molar-refractivity contribution in [3.8, 4) is 0 Å². The zero-order valence-corrected chi connectivity index (χ0v) is 20.3. The summed E-state index contributed by atoms with van der Waals surface area (Å²) in [6, 6.07) is 8.96. The van der Waals surface area contributed by atoms with Crippen LogP contribution < -0.4 is 0 Å². The maximum atomic E-state index is 10.9. The highest BCUT2D eigenvalue weighted by Crippen LogP contribution is 2.46. The Hall–Kier alpha value is -1.41. The molecular weight excluding hydrogens is 398 g/mol. The van der Waals surface area contributed by atoms with Crippen LogP contribution in [0, 0.1) is 5.92 Å². The molecule has 7 nitrogen and oxygen atoms in total. The Balaban J connectivity index is 2.30. The molecule has 0 saturated carbocycles. The lowest BCUT2D eigenvalue weighted by Gasteiger charge is -2.49. The maximum absolute atomic E-state index is 10.9. The van der Waals surface area contributed by atoms with Gasteiger partial charge in [-0.2, -0.15) is 0 Å². The molecular formula is C22H37N3O4Si. The van der Waals surface area contributed by atoms with Crippen LogP contribution in [-0.4, -0.2) is 44.1 Å². The Morgan fingerprint density at radius 2 is 1.90 bits per heavy atom. The minimum absolute atomic E-state index is 0.0323. The van der Waals surface area contributed by atoms with Crippen LogP contribution in [-0.2, 0) is 20.5 Å². The van der Waals surface area contributed by atoms with Crippen molar-refractivity contribution in [1.29, 1.82) is 0 Å². The average Bonchev–Trinajstić information content (AvgIpc) is 2.70. The topological polar surface area (TPSA) is 96.7 Å². The van der Waals surface area contributed by atoms with Gasteiger partial charge in [0, 0.05) is 4.91 Å². The number of nitrogens with zero attached hydrogens (tertiary/aromatic N) is 3.